The molecule has 2 atom stereocenters. The van der Waals surface area contributed by atoms with Crippen LogP contribution in [0.15, 0.2) is 24.3 Å². The number of nitrogens with zero attached hydrogens (tertiary/aromatic N) is 1. The van der Waals surface area contributed by atoms with E-state index in [4.69, 9.17) is 5.73 Å². The Morgan fingerprint density at radius 3 is 2.60 bits per heavy atom. The molecule has 0 aliphatic carbocycles. The number of benzene rings is 1. The van der Waals surface area contributed by atoms with Crippen LogP contribution in [-0.2, 0) is 0 Å². The van der Waals surface area contributed by atoms with Gasteiger partial charge in [0.05, 0.1) is 0 Å². The van der Waals surface area contributed by atoms with Gasteiger partial charge in [-0.25, -0.2) is 0 Å². The monoisotopic (exact) mass is 273 g/mol. The molecule has 2 aliphatic rings. The molecular weight excluding hydrogens is 250 g/mol. The molecule has 2 heterocycles. The summed E-state index contributed by atoms with van der Waals surface area (Å²) in [5.74, 6) is -0.357. The van der Waals surface area contributed by atoms with Crippen LogP contribution in [-0.4, -0.2) is 31.1 Å². The van der Waals surface area contributed by atoms with Crippen LogP contribution in [0.25, 0.3) is 0 Å². The van der Waals surface area contributed by atoms with Gasteiger partial charge in [0.25, 0.3) is 0 Å². The number of rotatable bonds is 3. The number of anilines is 1. The number of nitrogens with two attached hydrogens (primary N) is 1. The van der Waals surface area contributed by atoms with Crippen molar-refractivity contribution in [3.63, 3.8) is 0 Å². The van der Waals surface area contributed by atoms with E-state index in [0.717, 1.165) is 13.1 Å². The molecule has 4 nitrogen and oxygen atoms in total. The average Bonchev–Trinajstić information content (AvgIpc) is 3.01. The van der Waals surface area contributed by atoms with Crippen molar-refractivity contribution >= 4 is 11.6 Å². The van der Waals surface area contributed by atoms with Crippen LogP contribution in [0, 0.1) is 0 Å². The van der Waals surface area contributed by atoms with Gasteiger partial charge >= 0.3 is 0 Å². The SMILES string of the molecule is NC(=O)c1ccc(N2CCCCC2C2CCCN2)cc1. The lowest BCUT2D eigenvalue weighted by atomic mass is 9.94. The fourth-order valence-electron chi connectivity index (χ4n) is 3.55. The maximum absolute atomic E-state index is 11.2. The third kappa shape index (κ3) is 2.66. The van der Waals surface area contributed by atoms with E-state index < -0.39 is 0 Å². The fourth-order valence-corrected chi connectivity index (χ4v) is 3.55. The standard InChI is InChI=1S/C16H23N3O/c17-16(20)12-6-8-13(9-7-12)19-11-2-1-5-15(19)14-4-3-10-18-14/h6-9,14-15,18H,1-5,10-11H2,(H2,17,20). The molecular formula is C16H23N3O. The van der Waals surface area contributed by atoms with E-state index in [-0.39, 0.29) is 5.91 Å². The van der Waals surface area contributed by atoms with E-state index in [2.05, 4.69) is 10.2 Å². The molecule has 1 aromatic carbocycles. The largest absolute Gasteiger partial charge is 0.367 e. The smallest absolute Gasteiger partial charge is 0.248 e. The first-order valence-electron chi connectivity index (χ1n) is 7.65. The molecule has 20 heavy (non-hydrogen) atoms. The molecule has 3 rings (SSSR count). The second-order valence-corrected chi connectivity index (χ2v) is 5.87. The molecule has 0 bridgehead atoms. The molecule has 2 unspecified atom stereocenters. The van der Waals surface area contributed by atoms with Crippen LogP contribution < -0.4 is 16.0 Å². The number of amides is 1. The third-order valence-electron chi connectivity index (χ3n) is 4.60. The van der Waals surface area contributed by atoms with E-state index in [9.17, 15) is 4.79 Å². The van der Waals surface area contributed by atoms with Crippen molar-refractivity contribution in [2.75, 3.05) is 18.0 Å². The second-order valence-electron chi connectivity index (χ2n) is 5.87. The fraction of sp³-hybridized carbons (Fsp3) is 0.562. The third-order valence-corrected chi connectivity index (χ3v) is 4.60. The number of hydrogen-bond acceptors (Lipinski definition) is 3. The predicted molar refractivity (Wildman–Crippen MR) is 81.0 cm³/mol. The van der Waals surface area contributed by atoms with Crippen LogP contribution >= 0.6 is 0 Å². The predicted octanol–water partition coefficient (Wildman–Crippen LogP) is 1.90. The van der Waals surface area contributed by atoms with Crippen molar-refractivity contribution < 1.29 is 4.79 Å². The summed E-state index contributed by atoms with van der Waals surface area (Å²) in [6.45, 7) is 2.26. The van der Waals surface area contributed by atoms with E-state index in [1.807, 2.05) is 24.3 Å². The van der Waals surface area contributed by atoms with Gasteiger partial charge in [-0.1, -0.05) is 0 Å². The minimum absolute atomic E-state index is 0.357. The van der Waals surface area contributed by atoms with Crippen LogP contribution in [0.5, 0.6) is 0 Å². The molecule has 1 aromatic rings. The first-order chi connectivity index (χ1) is 9.75. The number of primary amides is 1. The number of carbonyl (C=O) groups is 1. The zero-order chi connectivity index (χ0) is 13.9. The lowest BCUT2D eigenvalue weighted by molar-refractivity contribution is 0.100. The number of carbonyl (C=O) groups excluding carboxylic acids is 1. The zero-order valence-electron chi connectivity index (χ0n) is 11.8. The molecule has 108 valence electrons. The maximum atomic E-state index is 11.2. The zero-order valence-corrected chi connectivity index (χ0v) is 11.8. The Morgan fingerprint density at radius 1 is 1.15 bits per heavy atom. The maximum Gasteiger partial charge on any atom is 0.248 e. The van der Waals surface area contributed by atoms with Gasteiger partial charge in [-0.15, -0.1) is 0 Å². The summed E-state index contributed by atoms with van der Waals surface area (Å²) in [6, 6.07) is 8.95. The van der Waals surface area contributed by atoms with Crippen LogP contribution in [0.1, 0.15) is 42.5 Å². The highest BCUT2D eigenvalue weighted by Gasteiger charge is 2.31. The van der Waals surface area contributed by atoms with Gasteiger partial charge in [0, 0.05) is 29.9 Å². The van der Waals surface area contributed by atoms with Gasteiger partial charge < -0.3 is 16.0 Å². The molecule has 2 aliphatic heterocycles. The van der Waals surface area contributed by atoms with Gasteiger partial charge in [0.15, 0.2) is 0 Å². The summed E-state index contributed by atoms with van der Waals surface area (Å²) in [6.07, 6.45) is 6.39. The number of piperidine rings is 1. The highest BCUT2D eigenvalue weighted by molar-refractivity contribution is 5.93. The Kier molecular flexibility index (Phi) is 3.92. The molecule has 2 saturated heterocycles. The van der Waals surface area contributed by atoms with E-state index in [0.29, 0.717) is 17.6 Å². The van der Waals surface area contributed by atoms with Gasteiger partial charge in [-0.05, 0) is 62.9 Å². The second kappa shape index (κ2) is 5.83. The van der Waals surface area contributed by atoms with Gasteiger partial charge in [0.1, 0.15) is 0 Å². The Hall–Kier alpha value is -1.55. The summed E-state index contributed by atoms with van der Waals surface area (Å²) in [7, 11) is 0. The molecule has 3 N–H and O–H groups in total. The van der Waals surface area contributed by atoms with Crippen molar-refractivity contribution in [2.24, 2.45) is 5.73 Å². The van der Waals surface area contributed by atoms with E-state index >= 15 is 0 Å². The lowest BCUT2D eigenvalue weighted by Gasteiger charge is -2.41. The van der Waals surface area contributed by atoms with Crippen molar-refractivity contribution in [2.45, 2.75) is 44.2 Å². The summed E-state index contributed by atoms with van der Waals surface area (Å²) < 4.78 is 0. The van der Waals surface area contributed by atoms with Gasteiger partial charge in [-0.3, -0.25) is 4.79 Å². The molecule has 4 heteroatoms. The van der Waals surface area contributed by atoms with Crippen molar-refractivity contribution in [3.05, 3.63) is 29.8 Å². The summed E-state index contributed by atoms with van der Waals surface area (Å²) in [4.78, 5) is 13.7. The molecule has 0 spiro atoms. The van der Waals surface area contributed by atoms with Crippen LogP contribution in [0.2, 0.25) is 0 Å². The van der Waals surface area contributed by atoms with Crippen LogP contribution in [0.3, 0.4) is 0 Å². The van der Waals surface area contributed by atoms with Gasteiger partial charge in [0.2, 0.25) is 5.91 Å². The Bertz CT molecular complexity index is 465. The number of nitrogens with one attached hydrogen (secondary N) is 1. The molecule has 0 saturated carbocycles. The first kappa shape index (κ1) is 13.4. The Labute approximate surface area is 120 Å². The summed E-state index contributed by atoms with van der Waals surface area (Å²) >= 11 is 0. The minimum atomic E-state index is -0.357. The summed E-state index contributed by atoms with van der Waals surface area (Å²) in [5, 5.41) is 3.64. The quantitative estimate of drug-likeness (QED) is 0.884. The minimum Gasteiger partial charge on any atom is -0.367 e. The number of hydrogen-bond donors (Lipinski definition) is 2. The summed E-state index contributed by atoms with van der Waals surface area (Å²) in [5.41, 5.74) is 7.11. The topological polar surface area (TPSA) is 58.4 Å². The molecule has 0 aromatic heterocycles. The normalized spacial score (nSPS) is 26.7. The molecule has 2 fully saturated rings. The van der Waals surface area contributed by atoms with E-state index in [1.54, 1.807) is 0 Å². The first-order valence-corrected chi connectivity index (χ1v) is 7.65. The molecule has 0 radical (unpaired) electrons. The van der Waals surface area contributed by atoms with E-state index in [1.165, 1.54) is 37.8 Å². The van der Waals surface area contributed by atoms with Crippen LogP contribution in [0.4, 0.5) is 5.69 Å². The van der Waals surface area contributed by atoms with Gasteiger partial charge in [-0.2, -0.15) is 0 Å². The molecule has 1 amide bonds. The van der Waals surface area contributed by atoms with Crippen molar-refractivity contribution in [1.29, 1.82) is 0 Å². The average molecular weight is 273 g/mol. The lowest BCUT2D eigenvalue weighted by Crippen LogP contribution is -2.50. The Balaban J connectivity index is 1.79. The Morgan fingerprint density at radius 2 is 1.95 bits per heavy atom. The van der Waals surface area contributed by atoms with Crippen molar-refractivity contribution in [3.8, 4) is 0 Å². The highest BCUT2D eigenvalue weighted by atomic mass is 16.1. The highest BCUT2D eigenvalue weighted by Crippen LogP contribution is 2.29. The van der Waals surface area contributed by atoms with Crippen molar-refractivity contribution in [1.82, 2.24) is 5.32 Å².